The lowest BCUT2D eigenvalue weighted by atomic mass is 10.3. The van der Waals surface area contributed by atoms with E-state index in [0.717, 1.165) is 6.42 Å². The quantitative estimate of drug-likeness (QED) is 0.795. The van der Waals surface area contributed by atoms with E-state index < -0.39 is 0 Å². The third kappa shape index (κ3) is 3.61. The molecule has 2 N–H and O–H groups in total. The van der Waals surface area contributed by atoms with Crippen molar-refractivity contribution in [2.75, 3.05) is 11.9 Å². The second-order valence-electron chi connectivity index (χ2n) is 4.90. The first-order valence-corrected chi connectivity index (χ1v) is 8.11. The summed E-state index contributed by atoms with van der Waals surface area (Å²) in [7, 11) is 1.66. The number of nitrogens with one attached hydrogen (secondary N) is 2. The van der Waals surface area contributed by atoms with Crippen molar-refractivity contribution in [1.29, 1.82) is 0 Å². The van der Waals surface area contributed by atoms with E-state index in [-0.39, 0.29) is 11.8 Å². The summed E-state index contributed by atoms with van der Waals surface area (Å²) in [5, 5.41) is 13.7. The lowest BCUT2D eigenvalue weighted by molar-refractivity contribution is 0.0945. The Balaban J connectivity index is 2.25. The van der Waals surface area contributed by atoms with Crippen LogP contribution in [0.5, 0.6) is 0 Å². The molecule has 2 aromatic rings. The fourth-order valence-electron chi connectivity index (χ4n) is 2.13. The van der Waals surface area contributed by atoms with Crippen LogP contribution in [0.1, 0.15) is 41.2 Å². The summed E-state index contributed by atoms with van der Waals surface area (Å²) in [5.41, 5.74) is 1.07. The van der Waals surface area contributed by atoms with Crippen molar-refractivity contribution >= 4 is 33.4 Å². The van der Waals surface area contributed by atoms with Gasteiger partial charge in [0.2, 0.25) is 0 Å². The molecule has 124 valence electrons. The molecule has 2 heterocycles. The van der Waals surface area contributed by atoms with E-state index in [0.29, 0.717) is 34.6 Å². The lowest BCUT2D eigenvalue weighted by Gasteiger charge is -2.09. The normalized spacial score (nSPS) is 10.6. The average Bonchev–Trinajstić information content (AvgIpc) is 3.07. The van der Waals surface area contributed by atoms with Crippen LogP contribution in [0, 0.1) is 0 Å². The van der Waals surface area contributed by atoms with Crippen LogP contribution >= 0.6 is 15.9 Å². The Morgan fingerprint density at radius 2 is 1.91 bits per heavy atom. The first-order chi connectivity index (χ1) is 11.0. The van der Waals surface area contributed by atoms with Gasteiger partial charge >= 0.3 is 0 Å². The van der Waals surface area contributed by atoms with Crippen LogP contribution < -0.4 is 10.6 Å². The van der Waals surface area contributed by atoms with E-state index in [1.807, 2.05) is 13.8 Å². The van der Waals surface area contributed by atoms with Crippen molar-refractivity contribution in [1.82, 2.24) is 24.9 Å². The summed E-state index contributed by atoms with van der Waals surface area (Å²) in [6, 6.07) is 0. The minimum absolute atomic E-state index is 0.273. The van der Waals surface area contributed by atoms with Gasteiger partial charge in [0.05, 0.1) is 22.6 Å². The molecule has 0 aliphatic heterocycles. The smallest absolute Gasteiger partial charge is 0.275 e. The number of hydrogen-bond acceptors (Lipinski definition) is 4. The number of hydrogen-bond donors (Lipinski definition) is 2. The van der Waals surface area contributed by atoms with Gasteiger partial charge in [-0.15, -0.1) is 0 Å². The van der Waals surface area contributed by atoms with Crippen molar-refractivity contribution in [2.24, 2.45) is 7.05 Å². The molecule has 2 rings (SSSR count). The highest BCUT2D eigenvalue weighted by Crippen LogP contribution is 2.20. The zero-order valence-corrected chi connectivity index (χ0v) is 14.8. The van der Waals surface area contributed by atoms with Gasteiger partial charge in [-0.25, -0.2) is 0 Å². The number of carbonyl (C=O) groups excluding carboxylic acids is 2. The summed E-state index contributed by atoms with van der Waals surface area (Å²) in [6.07, 6.45) is 3.85. The zero-order valence-electron chi connectivity index (χ0n) is 13.3. The summed E-state index contributed by atoms with van der Waals surface area (Å²) >= 11 is 3.31. The Morgan fingerprint density at radius 3 is 2.57 bits per heavy atom. The van der Waals surface area contributed by atoms with Crippen LogP contribution in [-0.4, -0.2) is 37.9 Å². The molecular weight excluding hydrogens is 364 g/mol. The molecule has 0 atom stereocenters. The molecule has 23 heavy (non-hydrogen) atoms. The van der Waals surface area contributed by atoms with Gasteiger partial charge in [-0.1, -0.05) is 6.92 Å². The van der Waals surface area contributed by atoms with Crippen molar-refractivity contribution in [3.05, 3.63) is 28.3 Å². The van der Waals surface area contributed by atoms with Gasteiger partial charge in [-0.2, -0.15) is 10.2 Å². The predicted molar refractivity (Wildman–Crippen MR) is 89.4 cm³/mol. The van der Waals surface area contributed by atoms with E-state index in [9.17, 15) is 9.59 Å². The number of anilines is 1. The molecule has 0 aliphatic carbocycles. The summed E-state index contributed by atoms with van der Waals surface area (Å²) in [4.78, 5) is 24.7. The fraction of sp³-hybridized carbons (Fsp3) is 0.429. The average molecular weight is 383 g/mol. The fourth-order valence-corrected chi connectivity index (χ4v) is 2.61. The maximum Gasteiger partial charge on any atom is 0.275 e. The molecule has 8 nitrogen and oxygen atoms in total. The van der Waals surface area contributed by atoms with Crippen LogP contribution in [-0.2, 0) is 13.6 Å². The van der Waals surface area contributed by atoms with Gasteiger partial charge in [-0.3, -0.25) is 19.0 Å². The highest BCUT2D eigenvalue weighted by atomic mass is 79.9. The summed E-state index contributed by atoms with van der Waals surface area (Å²) in [6.45, 7) is 4.98. The monoisotopic (exact) mass is 382 g/mol. The maximum atomic E-state index is 12.5. The topological polar surface area (TPSA) is 93.8 Å². The third-order valence-corrected chi connectivity index (χ3v) is 3.83. The number of aryl methyl sites for hydroxylation is 2. The number of amides is 2. The number of rotatable bonds is 6. The molecule has 0 saturated heterocycles. The van der Waals surface area contributed by atoms with Gasteiger partial charge in [0.15, 0.2) is 0 Å². The van der Waals surface area contributed by atoms with Crippen molar-refractivity contribution in [2.45, 2.75) is 26.8 Å². The number of aromatic nitrogens is 4. The molecule has 2 amide bonds. The Bertz CT molecular complexity index is 721. The minimum Gasteiger partial charge on any atom is -0.351 e. The Labute approximate surface area is 142 Å². The molecule has 0 saturated carbocycles. The molecule has 0 unspecified atom stereocenters. The zero-order chi connectivity index (χ0) is 17.0. The number of carbonyl (C=O) groups is 2. The highest BCUT2D eigenvalue weighted by molar-refractivity contribution is 9.10. The molecule has 0 spiro atoms. The van der Waals surface area contributed by atoms with Crippen LogP contribution in [0.15, 0.2) is 16.9 Å². The molecule has 0 radical (unpaired) electrons. The Hall–Kier alpha value is -2.16. The van der Waals surface area contributed by atoms with Gasteiger partial charge in [0, 0.05) is 20.1 Å². The molecule has 9 heteroatoms. The standard InChI is InChI=1S/C14H19BrN6O2/c1-4-6-16-13(22)12-10(8-17-20(12)3)19-14(23)11-9(15)7-18-21(11)5-2/h7-8H,4-6H2,1-3H3,(H,16,22)(H,19,23). The van der Waals surface area contributed by atoms with Gasteiger partial charge in [0.25, 0.3) is 11.8 Å². The molecule has 2 aromatic heterocycles. The largest absolute Gasteiger partial charge is 0.351 e. The van der Waals surface area contributed by atoms with Crippen molar-refractivity contribution in [3.8, 4) is 0 Å². The van der Waals surface area contributed by atoms with E-state index in [1.54, 1.807) is 17.9 Å². The first kappa shape index (κ1) is 17.2. The number of halogens is 1. The van der Waals surface area contributed by atoms with Crippen LogP contribution in [0.4, 0.5) is 5.69 Å². The highest BCUT2D eigenvalue weighted by Gasteiger charge is 2.22. The SMILES string of the molecule is CCCNC(=O)c1c(NC(=O)c2c(Br)cnn2CC)cnn1C. The molecule has 0 bridgehead atoms. The van der Waals surface area contributed by atoms with Crippen LogP contribution in [0.2, 0.25) is 0 Å². The molecular formula is C14H19BrN6O2. The van der Waals surface area contributed by atoms with E-state index in [2.05, 4.69) is 36.8 Å². The van der Waals surface area contributed by atoms with Gasteiger partial charge in [-0.05, 0) is 29.3 Å². The van der Waals surface area contributed by atoms with E-state index >= 15 is 0 Å². The van der Waals surface area contributed by atoms with Crippen LogP contribution in [0.25, 0.3) is 0 Å². The Kier molecular flexibility index (Phi) is 5.54. The third-order valence-electron chi connectivity index (χ3n) is 3.25. The number of nitrogens with zero attached hydrogens (tertiary/aromatic N) is 4. The predicted octanol–water partition coefficient (Wildman–Crippen LogP) is 1.79. The summed E-state index contributed by atoms with van der Waals surface area (Å²) in [5.74, 6) is -0.626. The minimum atomic E-state index is -0.353. The van der Waals surface area contributed by atoms with Gasteiger partial charge in [0.1, 0.15) is 11.4 Å². The molecule has 0 fully saturated rings. The maximum absolute atomic E-state index is 12.5. The van der Waals surface area contributed by atoms with Crippen molar-refractivity contribution in [3.63, 3.8) is 0 Å². The van der Waals surface area contributed by atoms with Gasteiger partial charge < -0.3 is 10.6 Å². The Morgan fingerprint density at radius 1 is 1.17 bits per heavy atom. The summed E-state index contributed by atoms with van der Waals surface area (Å²) < 4.78 is 3.61. The lowest BCUT2D eigenvalue weighted by Crippen LogP contribution is -2.28. The first-order valence-electron chi connectivity index (χ1n) is 7.32. The van der Waals surface area contributed by atoms with Crippen molar-refractivity contribution < 1.29 is 9.59 Å². The van der Waals surface area contributed by atoms with E-state index in [1.165, 1.54) is 10.9 Å². The van der Waals surface area contributed by atoms with Crippen LogP contribution in [0.3, 0.4) is 0 Å². The second kappa shape index (κ2) is 7.40. The molecule has 0 aliphatic rings. The second-order valence-corrected chi connectivity index (χ2v) is 5.75. The van der Waals surface area contributed by atoms with E-state index in [4.69, 9.17) is 0 Å². The molecule has 0 aromatic carbocycles.